The summed E-state index contributed by atoms with van der Waals surface area (Å²) in [4.78, 5) is 26.4. The lowest BCUT2D eigenvalue weighted by atomic mass is 9.93. The lowest BCUT2D eigenvalue weighted by Crippen LogP contribution is -2.50. The van der Waals surface area contributed by atoms with Crippen molar-refractivity contribution in [1.82, 2.24) is 5.32 Å². The first-order chi connectivity index (χ1) is 13.5. The van der Waals surface area contributed by atoms with Crippen LogP contribution in [0.2, 0.25) is 0 Å². The van der Waals surface area contributed by atoms with Crippen molar-refractivity contribution in [2.75, 3.05) is 23.3 Å². The van der Waals surface area contributed by atoms with Gasteiger partial charge < -0.3 is 21.3 Å². The number of anilines is 2. The SMILES string of the molecule is CCC1(C(=O)Nc2cccc(N(CC(N)=O)Cc3ccccc3)c2)CCCN1.Cl.Cl. The third-order valence-electron chi connectivity index (χ3n) is 5.31. The van der Waals surface area contributed by atoms with E-state index in [9.17, 15) is 9.59 Å². The first kappa shape index (κ1) is 25.8. The fourth-order valence-corrected chi connectivity index (χ4v) is 3.72. The number of carbonyl (C=O) groups excluding carboxylic acids is 2. The Morgan fingerprint density at radius 3 is 2.47 bits per heavy atom. The molecule has 1 aliphatic rings. The number of rotatable bonds is 8. The van der Waals surface area contributed by atoms with Crippen molar-refractivity contribution in [2.24, 2.45) is 5.73 Å². The Kier molecular flexibility index (Phi) is 10.1. The standard InChI is InChI=1S/C22H28N4O2.2ClH/c1-2-22(12-7-13-24-22)21(28)25-18-10-6-11-19(14-18)26(16-20(23)27)15-17-8-4-3-5-9-17;;/h3-6,8-11,14,24H,2,7,12-13,15-16H2,1H3,(H2,23,27)(H,25,28);2*1H. The van der Waals surface area contributed by atoms with Crippen LogP contribution < -0.4 is 21.3 Å². The average Bonchev–Trinajstić information content (AvgIpc) is 3.19. The molecule has 6 nitrogen and oxygen atoms in total. The molecule has 1 aliphatic heterocycles. The van der Waals surface area contributed by atoms with Gasteiger partial charge in [0.25, 0.3) is 0 Å². The highest BCUT2D eigenvalue weighted by atomic mass is 35.5. The highest BCUT2D eigenvalue weighted by Gasteiger charge is 2.39. The first-order valence-electron chi connectivity index (χ1n) is 9.76. The van der Waals surface area contributed by atoms with E-state index in [1.54, 1.807) is 0 Å². The molecular weight excluding hydrogens is 423 g/mol. The van der Waals surface area contributed by atoms with E-state index in [0.717, 1.165) is 37.1 Å². The van der Waals surface area contributed by atoms with Crippen molar-refractivity contribution >= 4 is 48.0 Å². The molecule has 0 saturated carbocycles. The van der Waals surface area contributed by atoms with E-state index in [4.69, 9.17) is 5.73 Å². The van der Waals surface area contributed by atoms with E-state index in [1.165, 1.54) is 0 Å². The number of amides is 2. The van der Waals surface area contributed by atoms with E-state index in [1.807, 2.05) is 66.4 Å². The van der Waals surface area contributed by atoms with Crippen molar-refractivity contribution in [3.8, 4) is 0 Å². The van der Waals surface area contributed by atoms with Crippen LogP contribution in [0.25, 0.3) is 0 Å². The minimum atomic E-state index is -0.493. The minimum absolute atomic E-state index is 0. The number of carbonyl (C=O) groups is 2. The van der Waals surface area contributed by atoms with Gasteiger partial charge in [0.1, 0.15) is 0 Å². The summed E-state index contributed by atoms with van der Waals surface area (Å²) in [5.74, 6) is -0.403. The molecule has 1 fully saturated rings. The molecule has 8 heteroatoms. The number of halogens is 2. The van der Waals surface area contributed by atoms with Gasteiger partial charge >= 0.3 is 0 Å². The molecule has 0 spiro atoms. The smallest absolute Gasteiger partial charge is 0.244 e. The molecule has 0 aromatic heterocycles. The van der Waals surface area contributed by atoms with Crippen molar-refractivity contribution in [3.63, 3.8) is 0 Å². The van der Waals surface area contributed by atoms with Crippen LogP contribution in [0.1, 0.15) is 31.7 Å². The summed E-state index contributed by atoms with van der Waals surface area (Å²) in [5.41, 5.74) is 7.60. The van der Waals surface area contributed by atoms with Crippen LogP contribution in [0.15, 0.2) is 54.6 Å². The van der Waals surface area contributed by atoms with E-state index in [0.29, 0.717) is 12.2 Å². The summed E-state index contributed by atoms with van der Waals surface area (Å²) in [6.07, 6.45) is 2.60. The van der Waals surface area contributed by atoms with Crippen LogP contribution in [0.5, 0.6) is 0 Å². The second kappa shape index (κ2) is 11.8. The number of nitrogens with two attached hydrogens (primary N) is 1. The molecular formula is C22H30Cl2N4O2. The van der Waals surface area contributed by atoms with Gasteiger partial charge in [-0.15, -0.1) is 24.8 Å². The second-order valence-corrected chi connectivity index (χ2v) is 7.28. The molecule has 1 unspecified atom stereocenters. The summed E-state index contributed by atoms with van der Waals surface area (Å²) in [7, 11) is 0. The third-order valence-corrected chi connectivity index (χ3v) is 5.31. The number of hydrogen-bond donors (Lipinski definition) is 3. The van der Waals surface area contributed by atoms with Crippen LogP contribution in [0.4, 0.5) is 11.4 Å². The highest BCUT2D eigenvalue weighted by molar-refractivity contribution is 5.98. The maximum Gasteiger partial charge on any atom is 0.244 e. The summed E-state index contributed by atoms with van der Waals surface area (Å²) in [6, 6.07) is 17.5. The number of nitrogens with one attached hydrogen (secondary N) is 2. The van der Waals surface area contributed by atoms with E-state index >= 15 is 0 Å². The molecule has 0 radical (unpaired) electrons. The van der Waals surface area contributed by atoms with Gasteiger partial charge in [0.2, 0.25) is 11.8 Å². The van der Waals surface area contributed by atoms with Gasteiger partial charge in [-0.05, 0) is 49.6 Å². The van der Waals surface area contributed by atoms with Crippen LogP contribution in [-0.2, 0) is 16.1 Å². The van der Waals surface area contributed by atoms with Crippen LogP contribution in [-0.4, -0.2) is 30.4 Å². The molecule has 1 heterocycles. The molecule has 2 aromatic carbocycles. The minimum Gasteiger partial charge on any atom is -0.368 e. The zero-order valence-electron chi connectivity index (χ0n) is 17.1. The Balaban J connectivity index is 0.00000225. The van der Waals surface area contributed by atoms with E-state index in [-0.39, 0.29) is 37.3 Å². The Morgan fingerprint density at radius 2 is 1.87 bits per heavy atom. The summed E-state index contributed by atoms with van der Waals surface area (Å²) in [5, 5.41) is 6.40. The second-order valence-electron chi connectivity index (χ2n) is 7.28. The predicted octanol–water partition coefficient (Wildman–Crippen LogP) is 3.49. The van der Waals surface area contributed by atoms with E-state index < -0.39 is 11.4 Å². The topological polar surface area (TPSA) is 87.5 Å². The van der Waals surface area contributed by atoms with Gasteiger partial charge in [-0.25, -0.2) is 0 Å². The van der Waals surface area contributed by atoms with Crippen LogP contribution >= 0.6 is 24.8 Å². The molecule has 4 N–H and O–H groups in total. The Labute approximate surface area is 190 Å². The molecule has 30 heavy (non-hydrogen) atoms. The quantitative estimate of drug-likeness (QED) is 0.571. The number of benzene rings is 2. The molecule has 2 aromatic rings. The van der Waals surface area contributed by atoms with Gasteiger partial charge in [-0.1, -0.05) is 43.3 Å². The molecule has 0 bridgehead atoms. The molecule has 1 saturated heterocycles. The lowest BCUT2D eigenvalue weighted by molar-refractivity contribution is -0.122. The number of nitrogens with zero attached hydrogens (tertiary/aromatic N) is 1. The summed E-state index contributed by atoms with van der Waals surface area (Å²) < 4.78 is 0. The third kappa shape index (κ3) is 6.36. The predicted molar refractivity (Wildman–Crippen MR) is 127 cm³/mol. The van der Waals surface area contributed by atoms with Gasteiger partial charge in [0, 0.05) is 17.9 Å². The number of primary amides is 1. The van der Waals surface area contributed by atoms with Crippen molar-refractivity contribution in [2.45, 2.75) is 38.3 Å². The monoisotopic (exact) mass is 452 g/mol. The number of hydrogen-bond acceptors (Lipinski definition) is 4. The highest BCUT2D eigenvalue weighted by Crippen LogP contribution is 2.26. The fourth-order valence-electron chi connectivity index (χ4n) is 3.72. The lowest BCUT2D eigenvalue weighted by Gasteiger charge is -2.27. The molecule has 0 aliphatic carbocycles. The average molecular weight is 453 g/mol. The van der Waals surface area contributed by atoms with Crippen molar-refractivity contribution in [3.05, 3.63) is 60.2 Å². The van der Waals surface area contributed by atoms with Gasteiger partial charge in [0.05, 0.1) is 12.1 Å². The van der Waals surface area contributed by atoms with E-state index in [2.05, 4.69) is 10.6 Å². The Morgan fingerprint density at radius 1 is 1.13 bits per heavy atom. The largest absolute Gasteiger partial charge is 0.368 e. The Bertz CT molecular complexity index is 827. The Hall–Kier alpha value is -2.28. The van der Waals surface area contributed by atoms with Gasteiger partial charge in [0.15, 0.2) is 0 Å². The first-order valence-corrected chi connectivity index (χ1v) is 9.76. The molecule has 2 amide bonds. The fraction of sp³-hybridized carbons (Fsp3) is 0.364. The molecule has 1 atom stereocenters. The maximum absolute atomic E-state index is 12.9. The van der Waals surface area contributed by atoms with Gasteiger partial charge in [-0.3, -0.25) is 9.59 Å². The van der Waals surface area contributed by atoms with Crippen molar-refractivity contribution < 1.29 is 9.59 Å². The molecule has 3 rings (SSSR count). The van der Waals surface area contributed by atoms with Crippen LogP contribution in [0, 0.1) is 0 Å². The maximum atomic E-state index is 12.9. The van der Waals surface area contributed by atoms with Crippen molar-refractivity contribution in [1.29, 1.82) is 0 Å². The zero-order valence-corrected chi connectivity index (χ0v) is 18.7. The van der Waals surface area contributed by atoms with Gasteiger partial charge in [-0.2, -0.15) is 0 Å². The van der Waals surface area contributed by atoms with Crippen LogP contribution in [0.3, 0.4) is 0 Å². The molecule has 164 valence electrons. The summed E-state index contributed by atoms with van der Waals surface area (Å²) >= 11 is 0. The normalized spacial score (nSPS) is 17.4. The zero-order chi connectivity index (χ0) is 20.0. The summed E-state index contributed by atoms with van der Waals surface area (Å²) in [6.45, 7) is 3.56.